The van der Waals surface area contributed by atoms with E-state index in [1.54, 1.807) is 0 Å². The number of anilines is 1. The van der Waals surface area contributed by atoms with E-state index in [-0.39, 0.29) is 5.91 Å². The highest BCUT2D eigenvalue weighted by molar-refractivity contribution is 5.96. The minimum absolute atomic E-state index is 0.00241. The van der Waals surface area contributed by atoms with E-state index in [1.807, 2.05) is 44.1 Å². The van der Waals surface area contributed by atoms with Crippen LogP contribution in [-0.4, -0.2) is 44.5 Å². The summed E-state index contributed by atoms with van der Waals surface area (Å²) in [5.41, 5.74) is 2.80. The third-order valence-electron chi connectivity index (χ3n) is 2.70. The lowest BCUT2D eigenvalue weighted by Crippen LogP contribution is -2.31. The van der Waals surface area contributed by atoms with Gasteiger partial charge in [-0.25, -0.2) is 0 Å². The molecule has 0 radical (unpaired) electrons. The van der Waals surface area contributed by atoms with Crippen LogP contribution < -0.4 is 10.6 Å². The van der Waals surface area contributed by atoms with Crippen LogP contribution in [0.2, 0.25) is 0 Å². The summed E-state index contributed by atoms with van der Waals surface area (Å²) in [5.74, 6) is -0.00241. The molecule has 0 bridgehead atoms. The highest BCUT2D eigenvalue weighted by Gasteiger charge is 2.08. The van der Waals surface area contributed by atoms with Crippen molar-refractivity contribution in [1.82, 2.24) is 10.2 Å². The van der Waals surface area contributed by atoms with Crippen LogP contribution in [0.5, 0.6) is 0 Å². The smallest absolute Gasteiger partial charge is 0.251 e. The topological polar surface area (TPSA) is 44.4 Å². The summed E-state index contributed by atoms with van der Waals surface area (Å²) >= 11 is 0. The van der Waals surface area contributed by atoms with Crippen molar-refractivity contribution in [2.45, 2.75) is 13.8 Å². The molecule has 1 rings (SSSR count). The van der Waals surface area contributed by atoms with Crippen LogP contribution in [-0.2, 0) is 0 Å². The van der Waals surface area contributed by atoms with Crippen LogP contribution in [0.3, 0.4) is 0 Å². The van der Waals surface area contributed by atoms with Crippen molar-refractivity contribution >= 4 is 11.6 Å². The lowest BCUT2D eigenvalue weighted by molar-refractivity contribution is 0.0950. The third kappa shape index (κ3) is 4.37. The third-order valence-corrected chi connectivity index (χ3v) is 2.70. The maximum atomic E-state index is 12.0. The van der Waals surface area contributed by atoms with E-state index in [4.69, 9.17) is 0 Å². The minimum atomic E-state index is -0.00241. The first-order chi connectivity index (χ1) is 8.54. The molecule has 0 unspecified atom stereocenters. The molecule has 0 spiro atoms. The van der Waals surface area contributed by atoms with Crippen molar-refractivity contribution < 1.29 is 4.79 Å². The molecule has 0 heterocycles. The van der Waals surface area contributed by atoms with Gasteiger partial charge in [-0.15, -0.1) is 0 Å². The first-order valence-electron chi connectivity index (χ1n) is 6.32. The van der Waals surface area contributed by atoms with Crippen molar-refractivity contribution in [2.24, 2.45) is 0 Å². The standard InChI is InChI=1S/C14H23N3O/c1-5-15-12-6-7-13(11(2)10-12)14(18)16-8-9-17(3)4/h6-7,10,15H,5,8-9H2,1-4H3,(H,16,18). The van der Waals surface area contributed by atoms with Crippen LogP contribution >= 0.6 is 0 Å². The number of hydrogen-bond acceptors (Lipinski definition) is 3. The Morgan fingerprint density at radius 3 is 2.61 bits per heavy atom. The summed E-state index contributed by atoms with van der Waals surface area (Å²) in [6.07, 6.45) is 0. The Labute approximate surface area is 109 Å². The van der Waals surface area contributed by atoms with Gasteiger partial charge in [0.05, 0.1) is 0 Å². The van der Waals surface area contributed by atoms with Crippen LogP contribution in [0.1, 0.15) is 22.8 Å². The summed E-state index contributed by atoms with van der Waals surface area (Å²) in [6.45, 7) is 6.41. The molecule has 100 valence electrons. The normalized spacial score (nSPS) is 10.5. The predicted octanol–water partition coefficient (Wildman–Crippen LogP) is 1.72. The molecule has 0 aromatic heterocycles. The number of nitrogens with zero attached hydrogens (tertiary/aromatic N) is 1. The van der Waals surface area contributed by atoms with Gasteiger partial charge in [-0.2, -0.15) is 0 Å². The molecule has 4 heteroatoms. The molecule has 0 saturated carbocycles. The van der Waals surface area contributed by atoms with Gasteiger partial charge >= 0.3 is 0 Å². The Morgan fingerprint density at radius 1 is 1.33 bits per heavy atom. The molecule has 1 aromatic carbocycles. The van der Waals surface area contributed by atoms with Crippen molar-refractivity contribution in [2.75, 3.05) is 39.0 Å². The van der Waals surface area contributed by atoms with Gasteiger partial charge in [-0.05, 0) is 51.7 Å². The zero-order valence-electron chi connectivity index (χ0n) is 11.7. The van der Waals surface area contributed by atoms with Crippen LogP contribution in [0.25, 0.3) is 0 Å². The lowest BCUT2D eigenvalue weighted by atomic mass is 10.1. The number of nitrogens with one attached hydrogen (secondary N) is 2. The maximum absolute atomic E-state index is 12.0. The molecule has 0 aliphatic carbocycles. The van der Waals surface area contributed by atoms with Gasteiger partial charge in [0.2, 0.25) is 0 Å². The molecule has 18 heavy (non-hydrogen) atoms. The summed E-state index contributed by atoms with van der Waals surface area (Å²) < 4.78 is 0. The Bertz CT molecular complexity index is 402. The van der Waals surface area contributed by atoms with Gasteiger partial charge in [0.25, 0.3) is 5.91 Å². The number of hydrogen-bond donors (Lipinski definition) is 2. The van der Waals surface area contributed by atoms with Crippen LogP contribution in [0.4, 0.5) is 5.69 Å². The highest BCUT2D eigenvalue weighted by atomic mass is 16.1. The van der Waals surface area contributed by atoms with E-state index in [9.17, 15) is 4.79 Å². The van der Waals surface area contributed by atoms with Gasteiger partial charge in [0, 0.05) is 30.9 Å². The summed E-state index contributed by atoms with van der Waals surface area (Å²) in [6, 6.07) is 5.82. The molecule has 1 aromatic rings. The first kappa shape index (κ1) is 14.5. The monoisotopic (exact) mass is 249 g/mol. The van der Waals surface area contributed by atoms with Gasteiger partial charge in [-0.1, -0.05) is 0 Å². The number of rotatable bonds is 6. The molecule has 0 fully saturated rings. The minimum Gasteiger partial charge on any atom is -0.385 e. The SMILES string of the molecule is CCNc1ccc(C(=O)NCCN(C)C)c(C)c1. The molecular weight excluding hydrogens is 226 g/mol. The molecule has 0 aliphatic heterocycles. The zero-order valence-corrected chi connectivity index (χ0v) is 11.7. The summed E-state index contributed by atoms with van der Waals surface area (Å²) in [5, 5.41) is 6.16. The fourth-order valence-electron chi connectivity index (χ4n) is 1.72. The summed E-state index contributed by atoms with van der Waals surface area (Å²) in [4.78, 5) is 14.0. The molecule has 0 aliphatic rings. The molecule has 2 N–H and O–H groups in total. The number of aryl methyl sites for hydroxylation is 1. The molecule has 4 nitrogen and oxygen atoms in total. The Balaban J connectivity index is 2.62. The van der Waals surface area contributed by atoms with Crippen molar-refractivity contribution in [1.29, 1.82) is 0 Å². The van der Waals surface area contributed by atoms with E-state index in [1.165, 1.54) is 0 Å². The fourth-order valence-corrected chi connectivity index (χ4v) is 1.72. The van der Waals surface area contributed by atoms with E-state index in [2.05, 4.69) is 17.6 Å². The Hall–Kier alpha value is -1.55. The average molecular weight is 249 g/mol. The number of carbonyl (C=O) groups excluding carboxylic acids is 1. The van der Waals surface area contributed by atoms with Gasteiger partial charge in [-0.3, -0.25) is 4.79 Å². The van der Waals surface area contributed by atoms with Crippen LogP contribution in [0.15, 0.2) is 18.2 Å². The molecular formula is C14H23N3O. The number of carbonyl (C=O) groups is 1. The van der Waals surface area contributed by atoms with Crippen molar-refractivity contribution in [3.05, 3.63) is 29.3 Å². The number of benzene rings is 1. The molecule has 0 atom stereocenters. The van der Waals surface area contributed by atoms with Gasteiger partial charge < -0.3 is 15.5 Å². The quantitative estimate of drug-likeness (QED) is 0.807. The Kier molecular flexibility index (Phi) is 5.65. The molecule has 0 saturated heterocycles. The van der Waals surface area contributed by atoms with Crippen LogP contribution in [0, 0.1) is 6.92 Å². The first-order valence-corrected chi connectivity index (χ1v) is 6.32. The number of likely N-dealkylation sites (N-methyl/N-ethyl adjacent to an activating group) is 1. The molecule has 1 amide bonds. The van der Waals surface area contributed by atoms with Crippen molar-refractivity contribution in [3.8, 4) is 0 Å². The highest BCUT2D eigenvalue weighted by Crippen LogP contribution is 2.14. The zero-order chi connectivity index (χ0) is 13.5. The number of amides is 1. The second kappa shape index (κ2) is 7.01. The average Bonchev–Trinajstić information content (AvgIpc) is 2.28. The van der Waals surface area contributed by atoms with Crippen molar-refractivity contribution in [3.63, 3.8) is 0 Å². The van der Waals surface area contributed by atoms with E-state index in [0.717, 1.165) is 29.9 Å². The van der Waals surface area contributed by atoms with E-state index >= 15 is 0 Å². The predicted molar refractivity (Wildman–Crippen MR) is 76.2 cm³/mol. The second-order valence-electron chi connectivity index (χ2n) is 4.62. The second-order valence-corrected chi connectivity index (χ2v) is 4.62. The largest absolute Gasteiger partial charge is 0.385 e. The summed E-state index contributed by atoms with van der Waals surface area (Å²) in [7, 11) is 3.98. The maximum Gasteiger partial charge on any atom is 0.251 e. The lowest BCUT2D eigenvalue weighted by Gasteiger charge is -2.12. The Morgan fingerprint density at radius 2 is 2.06 bits per heavy atom. The van der Waals surface area contributed by atoms with E-state index in [0.29, 0.717) is 6.54 Å². The van der Waals surface area contributed by atoms with E-state index < -0.39 is 0 Å². The van der Waals surface area contributed by atoms with Gasteiger partial charge in [0.15, 0.2) is 0 Å². The fraction of sp³-hybridized carbons (Fsp3) is 0.500. The van der Waals surface area contributed by atoms with Gasteiger partial charge in [0.1, 0.15) is 0 Å².